The van der Waals surface area contributed by atoms with Crippen molar-refractivity contribution in [3.05, 3.63) is 48.0 Å². The zero-order valence-electron chi connectivity index (χ0n) is 12.0. The Morgan fingerprint density at radius 3 is 1.96 bits per heavy atom. The van der Waals surface area contributed by atoms with Gasteiger partial charge in [-0.2, -0.15) is 26.3 Å². The van der Waals surface area contributed by atoms with Gasteiger partial charge in [0.2, 0.25) is 0 Å². The van der Waals surface area contributed by atoms with Crippen LogP contribution in [-0.4, -0.2) is 29.0 Å². The molecule has 1 heterocycles. The second-order valence-corrected chi connectivity index (χ2v) is 5.56. The first kappa shape index (κ1) is 18.3. The minimum atomic E-state index is -6.01. The number of cyclic esters (lactones) is 1. The van der Waals surface area contributed by atoms with Crippen LogP contribution in [0.2, 0.25) is 0 Å². The monoisotopic (exact) mass is 354 g/mol. The molecule has 2 rings (SSSR count). The Morgan fingerprint density at radius 2 is 1.58 bits per heavy atom. The van der Waals surface area contributed by atoms with E-state index in [9.17, 15) is 36.2 Å². The number of esters is 1. The number of carbonyl (C=O) groups excluding carboxylic acids is 1. The van der Waals surface area contributed by atoms with E-state index in [1.807, 2.05) is 0 Å². The van der Waals surface area contributed by atoms with Gasteiger partial charge in [0.1, 0.15) is 5.60 Å². The summed E-state index contributed by atoms with van der Waals surface area (Å²) in [7, 11) is 0. The summed E-state index contributed by atoms with van der Waals surface area (Å²) in [6, 6.07) is 6.67. The van der Waals surface area contributed by atoms with Gasteiger partial charge in [0, 0.05) is 18.4 Å². The van der Waals surface area contributed by atoms with Crippen molar-refractivity contribution in [3.8, 4) is 0 Å². The van der Waals surface area contributed by atoms with Crippen molar-refractivity contribution in [1.82, 2.24) is 0 Å². The first-order valence-corrected chi connectivity index (χ1v) is 6.65. The fraction of sp³-hybridized carbons (Fsp3) is 0.400. The zero-order valence-corrected chi connectivity index (χ0v) is 12.0. The molecule has 1 atom stereocenters. The lowest BCUT2D eigenvalue weighted by atomic mass is 9.79. The largest absolute Gasteiger partial charge is 0.450 e. The van der Waals surface area contributed by atoms with Crippen LogP contribution >= 0.6 is 0 Å². The van der Waals surface area contributed by atoms with Gasteiger partial charge in [0.25, 0.3) is 5.60 Å². The summed E-state index contributed by atoms with van der Waals surface area (Å²) in [6.45, 7) is 3.29. The third-order valence-corrected chi connectivity index (χ3v) is 3.85. The number of alkyl halides is 6. The van der Waals surface area contributed by atoms with Gasteiger partial charge in [0.15, 0.2) is 0 Å². The van der Waals surface area contributed by atoms with Crippen LogP contribution < -0.4 is 0 Å². The molecule has 0 amide bonds. The van der Waals surface area contributed by atoms with E-state index in [1.54, 1.807) is 0 Å². The summed E-state index contributed by atoms with van der Waals surface area (Å²) in [5.74, 6) is -1.11. The Balaban J connectivity index is 2.58. The number of rotatable bonds is 3. The predicted octanol–water partition coefficient (Wildman–Crippen LogP) is 3.63. The number of aliphatic hydroxyl groups is 1. The molecule has 1 aliphatic heterocycles. The Kier molecular flexibility index (Phi) is 4.20. The van der Waals surface area contributed by atoms with Crippen LogP contribution in [0.4, 0.5) is 26.3 Å². The standard InChI is InChI=1S/C15H12F6O3/c1-9-7-12(24-11(9)22,10-5-3-2-4-6-10)8-13(23,14(16,17)18)15(19,20)21/h2-6,23H,1,7-8H2. The maximum atomic E-state index is 13.0. The topological polar surface area (TPSA) is 46.5 Å². The van der Waals surface area contributed by atoms with Gasteiger partial charge >= 0.3 is 18.3 Å². The quantitative estimate of drug-likeness (QED) is 0.512. The molecule has 0 saturated carbocycles. The smallest absolute Gasteiger partial charge is 0.426 e. The van der Waals surface area contributed by atoms with Gasteiger partial charge in [-0.3, -0.25) is 0 Å². The number of hydrogen-bond acceptors (Lipinski definition) is 3. The van der Waals surface area contributed by atoms with Gasteiger partial charge < -0.3 is 9.84 Å². The lowest BCUT2D eigenvalue weighted by molar-refractivity contribution is -0.378. The van der Waals surface area contributed by atoms with Crippen molar-refractivity contribution in [2.75, 3.05) is 0 Å². The van der Waals surface area contributed by atoms with E-state index in [2.05, 4.69) is 6.58 Å². The van der Waals surface area contributed by atoms with Crippen molar-refractivity contribution in [1.29, 1.82) is 0 Å². The molecule has 24 heavy (non-hydrogen) atoms. The van der Waals surface area contributed by atoms with Crippen molar-refractivity contribution in [3.63, 3.8) is 0 Å². The fourth-order valence-corrected chi connectivity index (χ4v) is 2.58. The van der Waals surface area contributed by atoms with Gasteiger partial charge in [-0.1, -0.05) is 36.9 Å². The molecule has 0 bridgehead atoms. The van der Waals surface area contributed by atoms with Gasteiger partial charge in [-0.05, 0) is 5.56 Å². The third-order valence-electron chi connectivity index (χ3n) is 3.85. The van der Waals surface area contributed by atoms with Crippen LogP contribution in [0.15, 0.2) is 42.5 Å². The number of ether oxygens (including phenoxy) is 1. The molecule has 1 saturated heterocycles. The normalized spacial score (nSPS) is 22.6. The minimum absolute atomic E-state index is 0.0936. The van der Waals surface area contributed by atoms with Gasteiger partial charge in [-0.25, -0.2) is 4.79 Å². The second kappa shape index (κ2) is 5.51. The molecule has 1 aliphatic rings. The maximum Gasteiger partial charge on any atom is 0.426 e. The molecule has 1 unspecified atom stereocenters. The Hall–Kier alpha value is -2.03. The van der Waals surface area contributed by atoms with Crippen LogP contribution in [0.3, 0.4) is 0 Å². The number of hydrogen-bond donors (Lipinski definition) is 1. The second-order valence-electron chi connectivity index (χ2n) is 5.56. The lowest BCUT2D eigenvalue weighted by Crippen LogP contribution is -2.60. The van der Waals surface area contributed by atoms with E-state index in [4.69, 9.17) is 4.74 Å². The van der Waals surface area contributed by atoms with Crippen molar-refractivity contribution in [2.45, 2.75) is 36.4 Å². The summed E-state index contributed by atoms with van der Waals surface area (Å²) in [4.78, 5) is 11.6. The van der Waals surface area contributed by atoms with Crippen molar-refractivity contribution >= 4 is 5.97 Å². The van der Waals surface area contributed by atoms with E-state index in [0.717, 1.165) is 0 Å². The molecular weight excluding hydrogens is 342 g/mol. The molecule has 1 fully saturated rings. The highest BCUT2D eigenvalue weighted by Crippen LogP contribution is 2.53. The van der Waals surface area contributed by atoms with Gasteiger partial charge in [-0.15, -0.1) is 0 Å². The van der Waals surface area contributed by atoms with E-state index in [0.29, 0.717) is 0 Å². The average molecular weight is 354 g/mol. The molecule has 9 heteroatoms. The molecule has 0 aromatic heterocycles. The maximum absolute atomic E-state index is 13.0. The molecule has 1 N–H and O–H groups in total. The number of carbonyl (C=O) groups is 1. The summed E-state index contributed by atoms with van der Waals surface area (Å²) < 4.78 is 82.8. The Labute approximate surface area is 132 Å². The van der Waals surface area contributed by atoms with E-state index >= 15 is 0 Å². The predicted molar refractivity (Wildman–Crippen MR) is 69.6 cm³/mol. The lowest BCUT2D eigenvalue weighted by Gasteiger charge is -2.39. The Bertz CT molecular complexity index is 617. The molecule has 1 aromatic rings. The average Bonchev–Trinajstić information content (AvgIpc) is 2.73. The SMILES string of the molecule is C=C1CC(CC(O)(C(F)(F)F)C(F)(F)F)(c2ccccc2)OC1=O. The fourth-order valence-electron chi connectivity index (χ4n) is 2.58. The summed E-state index contributed by atoms with van der Waals surface area (Å²) in [6.07, 6.45) is -14.5. The number of benzene rings is 1. The van der Waals surface area contributed by atoms with Crippen LogP contribution in [0.25, 0.3) is 0 Å². The van der Waals surface area contributed by atoms with Crippen LogP contribution in [0, 0.1) is 0 Å². The first-order chi connectivity index (χ1) is 10.8. The third kappa shape index (κ3) is 2.88. The highest BCUT2D eigenvalue weighted by molar-refractivity contribution is 5.90. The molecule has 0 spiro atoms. The van der Waals surface area contributed by atoms with Gasteiger partial charge in [0.05, 0.1) is 0 Å². The van der Waals surface area contributed by atoms with Crippen LogP contribution in [-0.2, 0) is 15.1 Å². The molecule has 1 aromatic carbocycles. The Morgan fingerprint density at radius 1 is 1.08 bits per heavy atom. The van der Waals surface area contributed by atoms with E-state index in [-0.39, 0.29) is 11.1 Å². The van der Waals surface area contributed by atoms with Crippen LogP contribution in [0.5, 0.6) is 0 Å². The summed E-state index contributed by atoms with van der Waals surface area (Å²) >= 11 is 0. The highest BCUT2D eigenvalue weighted by atomic mass is 19.4. The first-order valence-electron chi connectivity index (χ1n) is 6.65. The van der Waals surface area contributed by atoms with Crippen molar-refractivity contribution in [2.24, 2.45) is 0 Å². The van der Waals surface area contributed by atoms with E-state index < -0.39 is 42.4 Å². The summed E-state index contributed by atoms with van der Waals surface area (Å²) in [5.41, 5.74) is -7.72. The van der Waals surface area contributed by atoms with Crippen molar-refractivity contribution < 1.29 is 41.0 Å². The zero-order chi connectivity index (χ0) is 18.4. The minimum Gasteiger partial charge on any atom is -0.450 e. The molecular formula is C15H12F6O3. The highest BCUT2D eigenvalue weighted by Gasteiger charge is 2.73. The summed E-state index contributed by atoms with van der Waals surface area (Å²) in [5, 5.41) is 9.47. The molecule has 132 valence electrons. The number of halogens is 6. The molecule has 0 aliphatic carbocycles. The molecule has 0 radical (unpaired) electrons. The van der Waals surface area contributed by atoms with E-state index in [1.165, 1.54) is 30.3 Å². The molecule has 3 nitrogen and oxygen atoms in total. The van der Waals surface area contributed by atoms with Crippen LogP contribution in [0.1, 0.15) is 18.4 Å².